The third-order valence-corrected chi connectivity index (χ3v) is 12.3. The molecule has 49 heavy (non-hydrogen) atoms. The van der Waals surface area contributed by atoms with Crippen molar-refractivity contribution >= 4 is 17.8 Å². The summed E-state index contributed by atoms with van der Waals surface area (Å²) in [6.07, 6.45) is 7.66. The smallest absolute Gasteiger partial charge is 0.315 e. The van der Waals surface area contributed by atoms with Gasteiger partial charge >= 0.3 is 6.03 Å². The number of hydrogen-bond acceptors (Lipinski definition) is 5. The van der Waals surface area contributed by atoms with E-state index in [2.05, 4.69) is 89.5 Å². The van der Waals surface area contributed by atoms with Crippen molar-refractivity contribution in [2.45, 2.75) is 87.0 Å². The molecular weight excluding hydrogens is 629 g/mol. The summed E-state index contributed by atoms with van der Waals surface area (Å²) in [4.78, 5) is 14.4. The fourth-order valence-electron chi connectivity index (χ4n) is 9.23. The Balaban J connectivity index is 0.947. The van der Waals surface area contributed by atoms with Gasteiger partial charge in [0.2, 0.25) is 0 Å². The quantitative estimate of drug-likeness (QED) is 0.146. The van der Waals surface area contributed by atoms with Gasteiger partial charge in [-0.3, -0.25) is 0 Å². The molecule has 7 heteroatoms. The van der Waals surface area contributed by atoms with Crippen molar-refractivity contribution in [3.63, 3.8) is 0 Å². The lowest BCUT2D eigenvalue weighted by molar-refractivity contribution is -0.245. The highest BCUT2D eigenvalue weighted by molar-refractivity contribution is 7.99. The Morgan fingerprint density at radius 1 is 0.755 bits per heavy atom. The van der Waals surface area contributed by atoms with E-state index in [0.29, 0.717) is 6.54 Å². The van der Waals surface area contributed by atoms with Gasteiger partial charge in [0.25, 0.3) is 0 Å². The molecule has 0 spiro atoms. The maximum atomic E-state index is 13.2. The standard InChI is InChI=1S/C42H46N2O4S/c45-26-28-10-12-33(13-11-28)39-21-36(27-49-37-7-2-1-3-8-37)47-40(48-39)34-16-14-32(15-17-34)38-9-5-4-6-35(38)25-43-41(46)44-42-22-29-18-30(23-42)20-31(19-29)24-42/h1-17,29-31,36,39-40,45H,18-27H2,(H2,43,44,46)/t29?,30?,31?,36-,39+,40+,42?/m1/s1. The van der Waals surface area contributed by atoms with E-state index in [9.17, 15) is 9.90 Å². The normalized spacial score (nSPS) is 28.7. The second-order valence-corrected chi connectivity index (χ2v) is 15.9. The first-order valence-electron chi connectivity index (χ1n) is 17.9. The fourth-order valence-corrected chi connectivity index (χ4v) is 10.2. The van der Waals surface area contributed by atoms with Crippen LogP contribution in [0.1, 0.15) is 79.6 Å². The van der Waals surface area contributed by atoms with E-state index >= 15 is 0 Å². The summed E-state index contributed by atoms with van der Waals surface area (Å²) in [5.41, 5.74) is 6.23. The van der Waals surface area contributed by atoms with Crippen LogP contribution in [-0.2, 0) is 22.6 Å². The van der Waals surface area contributed by atoms with Gasteiger partial charge in [-0.1, -0.05) is 91.0 Å². The number of nitrogens with one attached hydrogen (secondary N) is 2. The minimum Gasteiger partial charge on any atom is -0.392 e. The van der Waals surface area contributed by atoms with Gasteiger partial charge in [-0.2, -0.15) is 0 Å². The number of thioether (sulfide) groups is 1. The number of rotatable bonds is 10. The van der Waals surface area contributed by atoms with Crippen LogP contribution in [0.2, 0.25) is 0 Å². The van der Waals surface area contributed by atoms with E-state index in [1.54, 1.807) is 11.8 Å². The number of carbonyl (C=O) groups excluding carboxylic acids is 1. The van der Waals surface area contributed by atoms with Crippen molar-refractivity contribution in [3.8, 4) is 11.1 Å². The monoisotopic (exact) mass is 674 g/mol. The van der Waals surface area contributed by atoms with Gasteiger partial charge in [-0.25, -0.2) is 4.79 Å². The summed E-state index contributed by atoms with van der Waals surface area (Å²) in [6, 6.07) is 35.2. The minimum atomic E-state index is -0.503. The molecule has 254 valence electrons. The maximum absolute atomic E-state index is 13.2. The van der Waals surface area contributed by atoms with Crippen LogP contribution in [0, 0.1) is 17.8 Å². The highest BCUT2D eigenvalue weighted by atomic mass is 32.2. The Morgan fingerprint density at radius 3 is 2.10 bits per heavy atom. The molecule has 5 fully saturated rings. The first-order valence-corrected chi connectivity index (χ1v) is 18.9. The van der Waals surface area contributed by atoms with E-state index < -0.39 is 6.29 Å². The molecule has 5 aliphatic rings. The molecule has 3 atom stereocenters. The SMILES string of the molecule is O=C(NCc1ccccc1-c1ccc([C@H]2O[C@@H](CSc3ccccc3)C[C@@H](c3ccc(CO)cc3)O2)cc1)NC12CC3CC(CC(C3)C1)C2. The zero-order valence-electron chi connectivity index (χ0n) is 27.9. The molecule has 4 aromatic carbocycles. The summed E-state index contributed by atoms with van der Waals surface area (Å²) in [5, 5.41) is 16.2. The summed E-state index contributed by atoms with van der Waals surface area (Å²) in [7, 11) is 0. The largest absolute Gasteiger partial charge is 0.392 e. The van der Waals surface area contributed by atoms with Crippen LogP contribution in [0.15, 0.2) is 108 Å². The molecule has 4 bridgehead atoms. The number of amides is 2. The minimum absolute atomic E-state index is 0.00142. The molecule has 1 saturated heterocycles. The Morgan fingerprint density at radius 2 is 1.41 bits per heavy atom. The van der Waals surface area contributed by atoms with E-state index in [4.69, 9.17) is 9.47 Å². The average molecular weight is 675 g/mol. The van der Waals surface area contributed by atoms with E-state index in [1.165, 1.54) is 24.2 Å². The Labute approximate surface area is 294 Å². The molecule has 9 rings (SSSR count). The van der Waals surface area contributed by atoms with Crippen LogP contribution in [0.5, 0.6) is 0 Å². The average Bonchev–Trinajstić information content (AvgIpc) is 3.13. The number of urea groups is 1. The number of aliphatic hydroxyl groups excluding tert-OH is 1. The number of aliphatic hydroxyl groups is 1. The van der Waals surface area contributed by atoms with Crippen molar-refractivity contribution in [2.75, 3.05) is 5.75 Å². The van der Waals surface area contributed by atoms with Crippen molar-refractivity contribution in [3.05, 3.63) is 125 Å². The van der Waals surface area contributed by atoms with Crippen LogP contribution in [0.3, 0.4) is 0 Å². The molecule has 1 aliphatic heterocycles. The van der Waals surface area contributed by atoms with Gasteiger partial charge in [-0.15, -0.1) is 11.8 Å². The zero-order valence-corrected chi connectivity index (χ0v) is 28.7. The molecule has 0 aromatic heterocycles. The lowest BCUT2D eigenvalue weighted by atomic mass is 9.53. The van der Waals surface area contributed by atoms with Gasteiger partial charge in [0.05, 0.1) is 18.8 Å². The second kappa shape index (κ2) is 14.3. The predicted molar refractivity (Wildman–Crippen MR) is 194 cm³/mol. The molecule has 0 radical (unpaired) electrons. The number of ether oxygens (including phenoxy) is 2. The van der Waals surface area contributed by atoms with Crippen molar-refractivity contribution < 1.29 is 19.4 Å². The van der Waals surface area contributed by atoms with Gasteiger partial charge in [0.1, 0.15) is 0 Å². The van der Waals surface area contributed by atoms with Crippen LogP contribution < -0.4 is 10.6 Å². The predicted octanol–water partition coefficient (Wildman–Crippen LogP) is 8.95. The Kier molecular flexibility index (Phi) is 9.52. The van der Waals surface area contributed by atoms with Crippen molar-refractivity contribution in [2.24, 2.45) is 17.8 Å². The van der Waals surface area contributed by atoms with Crippen LogP contribution in [0.25, 0.3) is 11.1 Å². The first kappa shape index (κ1) is 32.6. The first-order chi connectivity index (χ1) is 24.0. The van der Waals surface area contributed by atoms with Crippen LogP contribution in [-0.4, -0.2) is 28.5 Å². The molecular formula is C42H46N2O4S. The van der Waals surface area contributed by atoms with Gasteiger partial charge in [0, 0.05) is 34.7 Å². The molecule has 1 heterocycles. The summed E-state index contributed by atoms with van der Waals surface area (Å²) in [5.74, 6) is 3.21. The maximum Gasteiger partial charge on any atom is 0.315 e. The topological polar surface area (TPSA) is 79.8 Å². The van der Waals surface area contributed by atoms with Crippen LogP contribution >= 0.6 is 11.8 Å². The van der Waals surface area contributed by atoms with Gasteiger partial charge in [-0.05, 0) is 96.2 Å². The molecule has 3 N–H and O–H groups in total. The molecule has 4 saturated carbocycles. The number of benzene rings is 4. The summed E-state index contributed by atoms with van der Waals surface area (Å²) in [6.45, 7) is 0.497. The molecule has 0 unspecified atom stereocenters. The Hall–Kier alpha value is -3.62. The molecule has 2 amide bonds. The lowest BCUT2D eigenvalue weighted by Crippen LogP contribution is -2.61. The summed E-state index contributed by atoms with van der Waals surface area (Å²) < 4.78 is 13.2. The zero-order chi connectivity index (χ0) is 33.2. The molecule has 4 aromatic rings. The highest BCUT2D eigenvalue weighted by Gasteiger charge is 2.51. The number of carbonyl (C=O) groups is 1. The Bertz CT molecular complexity index is 1690. The third kappa shape index (κ3) is 7.46. The van der Waals surface area contributed by atoms with E-state index in [-0.39, 0.29) is 30.4 Å². The third-order valence-electron chi connectivity index (χ3n) is 11.2. The van der Waals surface area contributed by atoms with E-state index in [0.717, 1.165) is 82.6 Å². The van der Waals surface area contributed by atoms with Gasteiger partial charge in [0.15, 0.2) is 6.29 Å². The fraction of sp³-hybridized carbons (Fsp3) is 0.405. The summed E-state index contributed by atoms with van der Waals surface area (Å²) >= 11 is 1.80. The van der Waals surface area contributed by atoms with Crippen LogP contribution in [0.4, 0.5) is 4.79 Å². The second-order valence-electron chi connectivity index (χ2n) is 14.8. The molecule has 6 nitrogen and oxygen atoms in total. The van der Waals surface area contributed by atoms with Crippen molar-refractivity contribution in [1.29, 1.82) is 0 Å². The van der Waals surface area contributed by atoms with Crippen molar-refractivity contribution in [1.82, 2.24) is 10.6 Å². The highest BCUT2D eigenvalue weighted by Crippen LogP contribution is 2.55. The van der Waals surface area contributed by atoms with Gasteiger partial charge < -0.3 is 25.2 Å². The molecule has 4 aliphatic carbocycles. The lowest BCUT2D eigenvalue weighted by Gasteiger charge is -2.56. The number of hydrogen-bond donors (Lipinski definition) is 3. The van der Waals surface area contributed by atoms with E-state index in [1.807, 2.05) is 24.3 Å².